The molecule has 112 valence electrons. The van der Waals surface area contributed by atoms with E-state index < -0.39 is 10.0 Å². The monoisotopic (exact) mass is 307 g/mol. The van der Waals surface area contributed by atoms with Crippen LogP contribution in [0.4, 0.5) is 11.5 Å². The number of methoxy groups -OCH3 is 1. The van der Waals surface area contributed by atoms with Crippen molar-refractivity contribution in [1.29, 1.82) is 0 Å². The van der Waals surface area contributed by atoms with E-state index in [4.69, 9.17) is 10.5 Å². The maximum atomic E-state index is 12.4. The smallest absolute Gasteiger partial charge is 0.263 e. The number of aryl methyl sites for hydroxylation is 2. The third-order valence-electron chi connectivity index (χ3n) is 2.85. The van der Waals surface area contributed by atoms with Crippen molar-refractivity contribution in [3.8, 4) is 5.75 Å². The van der Waals surface area contributed by atoms with E-state index in [1.54, 1.807) is 13.0 Å². The van der Waals surface area contributed by atoms with Gasteiger partial charge in [-0.15, -0.1) is 0 Å². The van der Waals surface area contributed by atoms with Crippen LogP contribution < -0.4 is 15.2 Å². The van der Waals surface area contributed by atoms with E-state index in [1.165, 1.54) is 25.3 Å². The Morgan fingerprint density at radius 2 is 1.90 bits per heavy atom. The maximum Gasteiger partial charge on any atom is 0.263 e. The second-order valence-corrected chi connectivity index (χ2v) is 6.36. The van der Waals surface area contributed by atoms with Crippen LogP contribution in [0.1, 0.15) is 11.3 Å². The minimum Gasteiger partial charge on any atom is -0.495 e. The van der Waals surface area contributed by atoms with Crippen LogP contribution in [0.15, 0.2) is 35.2 Å². The summed E-state index contributed by atoms with van der Waals surface area (Å²) in [5.74, 6) is 0.592. The molecule has 0 spiro atoms. The van der Waals surface area contributed by atoms with Gasteiger partial charge in [0.15, 0.2) is 0 Å². The first kappa shape index (κ1) is 15.1. The summed E-state index contributed by atoms with van der Waals surface area (Å²) in [6.45, 7) is 3.68. The fourth-order valence-corrected chi connectivity index (χ4v) is 2.96. The molecule has 0 aliphatic carbocycles. The zero-order chi connectivity index (χ0) is 15.6. The summed E-state index contributed by atoms with van der Waals surface area (Å²) in [6, 6.07) is 7.81. The van der Waals surface area contributed by atoms with Crippen LogP contribution in [0.25, 0.3) is 0 Å². The first-order valence-electron chi connectivity index (χ1n) is 6.23. The zero-order valence-corrected chi connectivity index (χ0v) is 12.9. The second kappa shape index (κ2) is 5.61. The van der Waals surface area contributed by atoms with Crippen molar-refractivity contribution in [1.82, 2.24) is 4.98 Å². The molecule has 0 amide bonds. The highest BCUT2D eigenvalue weighted by atomic mass is 32.2. The highest BCUT2D eigenvalue weighted by Gasteiger charge is 2.17. The number of sulfonamides is 1. The van der Waals surface area contributed by atoms with Crippen molar-refractivity contribution in [2.75, 3.05) is 17.6 Å². The van der Waals surface area contributed by atoms with Crippen LogP contribution >= 0.6 is 0 Å². The molecule has 0 aliphatic heterocycles. The summed E-state index contributed by atoms with van der Waals surface area (Å²) >= 11 is 0. The molecule has 0 saturated heterocycles. The number of hydrogen-bond acceptors (Lipinski definition) is 5. The van der Waals surface area contributed by atoms with Crippen LogP contribution in [-0.4, -0.2) is 20.5 Å². The second-order valence-electron chi connectivity index (χ2n) is 4.68. The van der Waals surface area contributed by atoms with Crippen molar-refractivity contribution in [3.05, 3.63) is 41.6 Å². The molecule has 2 rings (SSSR count). The molecule has 0 unspecified atom stereocenters. The molecule has 0 fully saturated rings. The average Bonchev–Trinajstić information content (AvgIpc) is 2.37. The molecule has 0 aliphatic rings. The van der Waals surface area contributed by atoms with Crippen molar-refractivity contribution in [2.24, 2.45) is 0 Å². The van der Waals surface area contributed by atoms with Gasteiger partial charge in [0.25, 0.3) is 10.0 Å². The van der Waals surface area contributed by atoms with Crippen LogP contribution in [-0.2, 0) is 10.0 Å². The number of benzene rings is 1. The molecule has 1 heterocycles. The molecule has 21 heavy (non-hydrogen) atoms. The highest BCUT2D eigenvalue weighted by molar-refractivity contribution is 7.92. The molecule has 2 aromatic rings. The first-order chi connectivity index (χ1) is 9.81. The number of nitrogen functional groups attached to an aromatic ring is 1. The quantitative estimate of drug-likeness (QED) is 0.843. The van der Waals surface area contributed by atoms with E-state index in [2.05, 4.69) is 9.71 Å². The Morgan fingerprint density at radius 1 is 1.19 bits per heavy atom. The molecule has 6 nitrogen and oxygen atoms in total. The highest BCUT2D eigenvalue weighted by Crippen LogP contribution is 2.25. The molecule has 7 heteroatoms. The van der Waals surface area contributed by atoms with Crippen LogP contribution in [0.2, 0.25) is 0 Å². The van der Waals surface area contributed by atoms with Gasteiger partial charge in [0.2, 0.25) is 0 Å². The standard InChI is InChI=1S/C14H17N3O3S/c1-9-6-10(2)16-14(7-9)17-21(18,19)11-4-5-12(15)13(8-11)20-3/h4-8H,15H2,1-3H3,(H,16,17). The lowest BCUT2D eigenvalue weighted by atomic mass is 10.2. The molecule has 0 bridgehead atoms. The molecule has 0 atom stereocenters. The number of nitrogens with zero attached hydrogens (tertiary/aromatic N) is 1. The van der Waals surface area contributed by atoms with Gasteiger partial charge in [0, 0.05) is 11.8 Å². The lowest BCUT2D eigenvalue weighted by molar-refractivity contribution is 0.415. The van der Waals surface area contributed by atoms with Gasteiger partial charge in [0.05, 0.1) is 17.7 Å². The number of ether oxygens (including phenoxy) is 1. The first-order valence-corrected chi connectivity index (χ1v) is 7.72. The van der Waals surface area contributed by atoms with Crippen LogP contribution in [0.3, 0.4) is 0 Å². The third kappa shape index (κ3) is 3.43. The molecule has 1 aromatic heterocycles. The van der Waals surface area contributed by atoms with Gasteiger partial charge in [0.1, 0.15) is 11.6 Å². The Kier molecular flexibility index (Phi) is 4.04. The van der Waals surface area contributed by atoms with E-state index in [9.17, 15) is 8.42 Å². The maximum absolute atomic E-state index is 12.4. The summed E-state index contributed by atoms with van der Waals surface area (Å²) in [5.41, 5.74) is 7.72. The summed E-state index contributed by atoms with van der Waals surface area (Å²) in [6.07, 6.45) is 0. The molecule has 1 aromatic carbocycles. The van der Waals surface area contributed by atoms with E-state index in [-0.39, 0.29) is 10.7 Å². The van der Waals surface area contributed by atoms with Gasteiger partial charge in [-0.05, 0) is 43.7 Å². The SMILES string of the molecule is COc1cc(S(=O)(=O)Nc2cc(C)cc(C)n2)ccc1N. The Hall–Kier alpha value is -2.28. The van der Waals surface area contributed by atoms with E-state index in [1.807, 2.05) is 13.0 Å². The minimum atomic E-state index is -3.74. The fourth-order valence-electron chi connectivity index (χ4n) is 1.95. The molecule has 0 saturated carbocycles. The zero-order valence-electron chi connectivity index (χ0n) is 12.0. The van der Waals surface area contributed by atoms with Crippen molar-refractivity contribution in [3.63, 3.8) is 0 Å². The largest absolute Gasteiger partial charge is 0.495 e. The van der Waals surface area contributed by atoms with Gasteiger partial charge in [-0.25, -0.2) is 13.4 Å². The lowest BCUT2D eigenvalue weighted by Crippen LogP contribution is -2.14. The summed E-state index contributed by atoms with van der Waals surface area (Å²) < 4.78 is 32.2. The van der Waals surface area contributed by atoms with E-state index >= 15 is 0 Å². The minimum absolute atomic E-state index is 0.0644. The number of nitrogens with one attached hydrogen (secondary N) is 1. The summed E-state index contributed by atoms with van der Waals surface area (Å²) in [4.78, 5) is 4.22. The molecule has 3 N–H and O–H groups in total. The number of rotatable bonds is 4. The Bertz CT molecular complexity index is 753. The third-order valence-corrected chi connectivity index (χ3v) is 4.20. The topological polar surface area (TPSA) is 94.3 Å². The Labute approximate surface area is 124 Å². The van der Waals surface area contributed by atoms with Crippen molar-refractivity contribution >= 4 is 21.5 Å². The Balaban J connectivity index is 2.38. The van der Waals surface area contributed by atoms with E-state index in [0.717, 1.165) is 11.3 Å². The van der Waals surface area contributed by atoms with Gasteiger partial charge in [-0.2, -0.15) is 0 Å². The van der Waals surface area contributed by atoms with Gasteiger partial charge >= 0.3 is 0 Å². The number of pyridine rings is 1. The van der Waals surface area contributed by atoms with Gasteiger partial charge in [-0.3, -0.25) is 4.72 Å². The molecular formula is C14H17N3O3S. The predicted octanol–water partition coefficient (Wildman–Crippen LogP) is 2.09. The van der Waals surface area contributed by atoms with E-state index in [0.29, 0.717) is 11.4 Å². The number of nitrogens with two attached hydrogens (primary N) is 1. The Morgan fingerprint density at radius 3 is 2.52 bits per heavy atom. The molecular weight excluding hydrogens is 290 g/mol. The molecule has 0 radical (unpaired) electrons. The van der Waals surface area contributed by atoms with Crippen molar-refractivity contribution in [2.45, 2.75) is 18.7 Å². The normalized spacial score (nSPS) is 11.2. The fraction of sp³-hybridized carbons (Fsp3) is 0.214. The van der Waals surface area contributed by atoms with Crippen molar-refractivity contribution < 1.29 is 13.2 Å². The summed E-state index contributed by atoms with van der Waals surface area (Å²) in [5, 5.41) is 0. The number of anilines is 2. The van der Waals surface area contributed by atoms with Crippen LogP contribution in [0.5, 0.6) is 5.75 Å². The number of hydrogen-bond donors (Lipinski definition) is 2. The van der Waals surface area contributed by atoms with Crippen LogP contribution in [0, 0.1) is 13.8 Å². The lowest BCUT2D eigenvalue weighted by Gasteiger charge is -2.11. The average molecular weight is 307 g/mol. The number of aromatic nitrogens is 1. The summed E-state index contributed by atoms with van der Waals surface area (Å²) in [7, 11) is -2.31. The van der Waals surface area contributed by atoms with Gasteiger partial charge in [-0.1, -0.05) is 0 Å². The van der Waals surface area contributed by atoms with Gasteiger partial charge < -0.3 is 10.5 Å². The predicted molar refractivity (Wildman–Crippen MR) is 81.9 cm³/mol.